The van der Waals surface area contributed by atoms with Gasteiger partial charge in [0.1, 0.15) is 0 Å². The van der Waals surface area contributed by atoms with Crippen LogP contribution in [0.4, 0.5) is 10.5 Å². The van der Waals surface area contributed by atoms with Crippen LogP contribution >= 0.6 is 0 Å². The lowest BCUT2D eigenvalue weighted by Gasteiger charge is -2.37. The molecule has 218 valence electrons. The number of rotatable bonds is 10. The number of aliphatic hydroxyl groups is 1. The third kappa shape index (κ3) is 8.16. The average Bonchev–Trinajstić information content (AvgIpc) is 2.90. The summed E-state index contributed by atoms with van der Waals surface area (Å²) < 4.78 is 4.75. The van der Waals surface area contributed by atoms with Crippen LogP contribution in [0.1, 0.15) is 58.9 Å². The van der Waals surface area contributed by atoms with E-state index in [1.54, 1.807) is 4.90 Å². The molecule has 0 saturated carbocycles. The van der Waals surface area contributed by atoms with E-state index in [0.717, 1.165) is 37.2 Å². The van der Waals surface area contributed by atoms with Crippen LogP contribution in [0, 0.1) is 16.7 Å². The van der Waals surface area contributed by atoms with Gasteiger partial charge >= 0.3 is 6.09 Å². The van der Waals surface area contributed by atoms with Gasteiger partial charge in [-0.25, -0.2) is 4.79 Å². The number of nitrogens with zero attached hydrogens (tertiary/aromatic N) is 1. The molecule has 0 spiro atoms. The largest absolute Gasteiger partial charge is 0.453 e. The fraction of sp³-hybridized carbons (Fsp3) is 0.690. The van der Waals surface area contributed by atoms with Gasteiger partial charge in [-0.3, -0.25) is 9.59 Å². The van der Waals surface area contributed by atoms with Gasteiger partial charge in [-0.2, -0.15) is 0 Å². The molecule has 10 heteroatoms. The quantitative estimate of drug-likeness (QED) is 0.302. The number of hydrogen-bond donors (Lipinski definition) is 5. The molecule has 0 bridgehead atoms. The van der Waals surface area contributed by atoms with Crippen molar-refractivity contribution in [3.05, 3.63) is 29.8 Å². The van der Waals surface area contributed by atoms with Crippen LogP contribution in [0.3, 0.4) is 0 Å². The van der Waals surface area contributed by atoms with Crippen molar-refractivity contribution in [1.82, 2.24) is 16.0 Å². The minimum absolute atomic E-state index is 0.0635. The molecule has 1 fully saturated rings. The van der Waals surface area contributed by atoms with E-state index in [0.29, 0.717) is 19.4 Å². The van der Waals surface area contributed by atoms with Crippen molar-refractivity contribution in [2.75, 3.05) is 38.2 Å². The first kappa shape index (κ1) is 30.8. The number of methoxy groups -OCH3 is 1. The van der Waals surface area contributed by atoms with Crippen LogP contribution in [0.25, 0.3) is 0 Å². The third-order valence-corrected chi connectivity index (χ3v) is 8.25. The Kier molecular flexibility index (Phi) is 10.4. The van der Waals surface area contributed by atoms with Crippen LogP contribution < -0.4 is 26.6 Å². The normalized spacial score (nSPS) is 21.4. The second-order valence-corrected chi connectivity index (χ2v) is 12.4. The fourth-order valence-electron chi connectivity index (χ4n) is 5.73. The minimum Gasteiger partial charge on any atom is -0.453 e. The molecule has 1 saturated heterocycles. The number of hydrogen-bond acceptors (Lipinski definition) is 7. The summed E-state index contributed by atoms with van der Waals surface area (Å²) in [4.78, 5) is 40.0. The van der Waals surface area contributed by atoms with Crippen LogP contribution in [0.5, 0.6) is 0 Å². The summed E-state index contributed by atoms with van der Waals surface area (Å²) in [5, 5.41) is 19.8. The van der Waals surface area contributed by atoms with Crippen LogP contribution in [0.15, 0.2) is 24.3 Å². The summed E-state index contributed by atoms with van der Waals surface area (Å²) in [5.41, 5.74) is 7.13. The second kappa shape index (κ2) is 13.1. The summed E-state index contributed by atoms with van der Waals surface area (Å²) in [6.07, 6.45) is 1.79. The molecule has 6 N–H and O–H groups in total. The van der Waals surface area contributed by atoms with E-state index in [1.807, 2.05) is 52.0 Å². The monoisotopic (exact) mass is 545 g/mol. The number of aliphatic hydroxyl groups excluding tert-OH is 1. The third-order valence-electron chi connectivity index (χ3n) is 8.25. The fourth-order valence-corrected chi connectivity index (χ4v) is 5.73. The van der Waals surface area contributed by atoms with Crippen molar-refractivity contribution in [2.45, 2.75) is 78.0 Å². The number of piperidine rings is 1. The smallest absolute Gasteiger partial charge is 0.407 e. The van der Waals surface area contributed by atoms with Gasteiger partial charge in [0, 0.05) is 36.7 Å². The maximum Gasteiger partial charge on any atom is 0.407 e. The number of carbonyl (C=O) groups is 3. The molecular formula is C29H47N5O5. The van der Waals surface area contributed by atoms with E-state index < -0.39 is 29.1 Å². The van der Waals surface area contributed by atoms with E-state index in [9.17, 15) is 19.5 Å². The first-order valence-corrected chi connectivity index (χ1v) is 14.0. The predicted molar refractivity (Wildman–Crippen MR) is 151 cm³/mol. The number of fused-ring (bicyclic) bond motifs is 1. The van der Waals surface area contributed by atoms with Crippen molar-refractivity contribution < 1.29 is 24.2 Å². The number of amides is 3. The van der Waals surface area contributed by atoms with Gasteiger partial charge in [0.2, 0.25) is 11.8 Å². The van der Waals surface area contributed by atoms with E-state index in [-0.39, 0.29) is 36.7 Å². The van der Waals surface area contributed by atoms with Gasteiger partial charge in [-0.15, -0.1) is 0 Å². The lowest BCUT2D eigenvalue weighted by Crippen LogP contribution is -2.52. The van der Waals surface area contributed by atoms with Gasteiger partial charge in [0.15, 0.2) is 0 Å². The molecular weight excluding hydrogens is 498 g/mol. The number of benzene rings is 1. The van der Waals surface area contributed by atoms with E-state index in [2.05, 4.69) is 16.0 Å². The summed E-state index contributed by atoms with van der Waals surface area (Å²) in [6.45, 7) is 10.0. The van der Waals surface area contributed by atoms with Gasteiger partial charge < -0.3 is 36.4 Å². The molecule has 39 heavy (non-hydrogen) atoms. The highest BCUT2D eigenvalue weighted by atomic mass is 16.5. The van der Waals surface area contributed by atoms with Crippen LogP contribution in [-0.2, 0) is 20.7 Å². The first-order chi connectivity index (χ1) is 18.3. The minimum atomic E-state index is -0.937. The molecule has 0 aliphatic carbocycles. The predicted octanol–water partition coefficient (Wildman–Crippen LogP) is 1.94. The number of para-hydroxylation sites is 1. The lowest BCUT2D eigenvalue weighted by molar-refractivity contribution is -0.133. The zero-order chi connectivity index (χ0) is 28.8. The molecule has 3 rings (SSSR count). The molecule has 2 heterocycles. The van der Waals surface area contributed by atoms with Crippen molar-refractivity contribution in [3.8, 4) is 0 Å². The van der Waals surface area contributed by atoms with Crippen molar-refractivity contribution in [1.29, 1.82) is 0 Å². The Bertz CT molecular complexity index is 1010. The summed E-state index contributed by atoms with van der Waals surface area (Å²) in [5.74, 6) is 0.0711. The maximum absolute atomic E-state index is 13.5. The van der Waals surface area contributed by atoms with Gasteiger partial charge in [-0.05, 0) is 61.7 Å². The molecule has 10 nitrogen and oxygen atoms in total. The average molecular weight is 546 g/mol. The van der Waals surface area contributed by atoms with Crippen LogP contribution in [-0.4, -0.2) is 74.5 Å². The molecule has 0 aromatic heterocycles. The molecule has 2 aliphatic heterocycles. The molecule has 4 atom stereocenters. The topological polar surface area (TPSA) is 146 Å². The van der Waals surface area contributed by atoms with Crippen molar-refractivity contribution >= 4 is 23.6 Å². The number of ether oxygens (including phenoxy) is 1. The molecule has 2 aliphatic rings. The van der Waals surface area contributed by atoms with Crippen molar-refractivity contribution in [3.63, 3.8) is 0 Å². The molecule has 1 aromatic rings. The first-order valence-electron chi connectivity index (χ1n) is 14.0. The van der Waals surface area contributed by atoms with Gasteiger partial charge in [0.25, 0.3) is 0 Å². The maximum atomic E-state index is 13.5. The summed E-state index contributed by atoms with van der Waals surface area (Å²) in [6, 6.07) is 6.80. The Morgan fingerprint density at radius 3 is 2.62 bits per heavy atom. The Balaban J connectivity index is 1.56. The zero-order valence-corrected chi connectivity index (χ0v) is 24.1. The lowest BCUT2D eigenvalue weighted by atomic mass is 9.74. The molecule has 3 amide bonds. The number of anilines is 1. The van der Waals surface area contributed by atoms with Crippen molar-refractivity contribution in [2.24, 2.45) is 22.5 Å². The highest BCUT2D eigenvalue weighted by Crippen LogP contribution is 2.34. The standard InChI is InChI=1S/C29H47N5O5/c1-28(2,14-22(30)24(35)17-32-26(37)29(3,4)20-10-8-12-31-16-20)15-25(36)34-18-21(33-27(38)39-5)13-19-9-6-7-11-23(19)34/h6-7,9,11,20-22,24,31,35H,8,10,12-18,30H2,1-5H3,(H,32,37)(H,33,38)/t20?,21?,22-,24-/m0/s1. The summed E-state index contributed by atoms with van der Waals surface area (Å²) in [7, 11) is 1.32. The van der Waals surface area contributed by atoms with Crippen LogP contribution in [0.2, 0.25) is 0 Å². The number of nitrogens with one attached hydrogen (secondary N) is 3. The Labute approximate surface area is 232 Å². The Morgan fingerprint density at radius 1 is 1.23 bits per heavy atom. The zero-order valence-electron chi connectivity index (χ0n) is 24.1. The van der Waals surface area contributed by atoms with E-state index in [4.69, 9.17) is 10.5 Å². The SMILES string of the molecule is COC(=O)NC1Cc2ccccc2N(C(=O)CC(C)(C)C[C@H](N)[C@@H](O)CNC(=O)C(C)(C)C2CCCNC2)C1. The van der Waals surface area contributed by atoms with E-state index >= 15 is 0 Å². The number of alkyl carbamates (subject to hydrolysis) is 1. The summed E-state index contributed by atoms with van der Waals surface area (Å²) >= 11 is 0. The Hall–Kier alpha value is -2.69. The number of nitrogens with two attached hydrogens (primary N) is 1. The molecule has 1 aromatic carbocycles. The highest BCUT2D eigenvalue weighted by Gasteiger charge is 2.38. The van der Waals surface area contributed by atoms with E-state index in [1.165, 1.54) is 7.11 Å². The molecule has 0 radical (unpaired) electrons. The number of carbonyl (C=O) groups excluding carboxylic acids is 3. The van der Waals surface area contributed by atoms with Gasteiger partial charge in [0.05, 0.1) is 19.3 Å². The van der Waals surface area contributed by atoms with Gasteiger partial charge in [-0.1, -0.05) is 45.9 Å². The second-order valence-electron chi connectivity index (χ2n) is 12.4. The molecule has 2 unspecified atom stereocenters. The Morgan fingerprint density at radius 2 is 1.95 bits per heavy atom. The highest BCUT2D eigenvalue weighted by molar-refractivity contribution is 5.95.